The van der Waals surface area contributed by atoms with Gasteiger partial charge in [-0.05, 0) is 59.2 Å². The van der Waals surface area contributed by atoms with Gasteiger partial charge in [-0.15, -0.1) is 0 Å². The maximum absolute atomic E-state index is 13.3. The third-order valence-corrected chi connectivity index (χ3v) is 7.69. The van der Waals surface area contributed by atoms with Gasteiger partial charge in [-0.3, -0.25) is 24.6 Å². The molecule has 5 rings (SSSR count). The summed E-state index contributed by atoms with van der Waals surface area (Å²) in [6, 6.07) is 1.33. The molecule has 2 fully saturated rings. The summed E-state index contributed by atoms with van der Waals surface area (Å²) in [4.78, 5) is 41.4. The standard InChI is InChI=1S/C24H31N3O5/c1-23(2,3)26-9-7-24(8-10-26)13-32-20-14-12-27(16-5-6-18(28)25-21(16)29)22(30)19(14)17(31-4)11-15(20)24/h11,16H,5-10,12-13H2,1-4H3,(H,25,28,29)/t16-/m1/s1. The SMILES string of the molecule is COc1cc2c(c3c1C(=O)N([C@@H]1CCC(=O)NC1=O)C3)OCC21CCN(C(C)(C)C)CC1. The number of fused-ring (bicyclic) bond motifs is 4. The Hall–Kier alpha value is -2.61. The van der Waals surface area contributed by atoms with Crippen molar-refractivity contribution in [3.05, 3.63) is 22.8 Å². The second-order valence-corrected chi connectivity index (χ2v) is 10.4. The largest absolute Gasteiger partial charge is 0.496 e. The summed E-state index contributed by atoms with van der Waals surface area (Å²) in [5.74, 6) is 0.391. The molecule has 1 spiro atoms. The van der Waals surface area contributed by atoms with Gasteiger partial charge in [-0.2, -0.15) is 0 Å². The minimum absolute atomic E-state index is 0.0789. The van der Waals surface area contributed by atoms with E-state index in [9.17, 15) is 14.4 Å². The average molecular weight is 442 g/mol. The minimum Gasteiger partial charge on any atom is -0.496 e. The molecule has 0 bridgehead atoms. The molecule has 8 heteroatoms. The highest BCUT2D eigenvalue weighted by atomic mass is 16.5. The van der Waals surface area contributed by atoms with Crippen molar-refractivity contribution in [3.8, 4) is 11.5 Å². The fraction of sp³-hybridized carbons (Fsp3) is 0.625. The smallest absolute Gasteiger partial charge is 0.259 e. The van der Waals surface area contributed by atoms with Crippen molar-refractivity contribution in [1.29, 1.82) is 0 Å². The molecule has 0 aromatic heterocycles. The first-order valence-corrected chi connectivity index (χ1v) is 11.4. The lowest BCUT2D eigenvalue weighted by molar-refractivity contribution is -0.136. The van der Waals surface area contributed by atoms with Gasteiger partial charge in [-0.1, -0.05) is 0 Å². The van der Waals surface area contributed by atoms with Gasteiger partial charge in [-0.25, -0.2) is 0 Å². The van der Waals surface area contributed by atoms with E-state index in [-0.39, 0.29) is 29.2 Å². The lowest BCUT2D eigenvalue weighted by Crippen LogP contribution is -2.52. The predicted octanol–water partition coefficient (Wildman–Crippen LogP) is 1.98. The maximum Gasteiger partial charge on any atom is 0.259 e. The van der Waals surface area contributed by atoms with Gasteiger partial charge in [0.25, 0.3) is 5.91 Å². The number of amides is 3. The lowest BCUT2D eigenvalue weighted by atomic mass is 9.73. The van der Waals surface area contributed by atoms with Crippen molar-refractivity contribution < 1.29 is 23.9 Å². The van der Waals surface area contributed by atoms with E-state index < -0.39 is 11.9 Å². The third kappa shape index (κ3) is 3.10. The van der Waals surface area contributed by atoms with Crippen LogP contribution in [-0.2, 0) is 21.5 Å². The van der Waals surface area contributed by atoms with Gasteiger partial charge in [0.1, 0.15) is 17.5 Å². The molecule has 0 saturated carbocycles. The van der Waals surface area contributed by atoms with Crippen LogP contribution in [0.1, 0.15) is 67.9 Å². The first-order valence-electron chi connectivity index (χ1n) is 11.4. The fourth-order valence-corrected chi connectivity index (χ4v) is 5.72. The molecule has 8 nitrogen and oxygen atoms in total. The summed E-state index contributed by atoms with van der Waals surface area (Å²) < 4.78 is 11.9. The monoisotopic (exact) mass is 441 g/mol. The highest BCUT2D eigenvalue weighted by molar-refractivity contribution is 6.07. The molecule has 4 heterocycles. The van der Waals surface area contributed by atoms with Crippen molar-refractivity contribution >= 4 is 17.7 Å². The second-order valence-electron chi connectivity index (χ2n) is 10.4. The molecule has 1 aromatic carbocycles. The number of rotatable bonds is 2. The predicted molar refractivity (Wildman–Crippen MR) is 117 cm³/mol. The molecule has 0 unspecified atom stereocenters. The van der Waals surface area contributed by atoms with Gasteiger partial charge in [0, 0.05) is 28.5 Å². The van der Waals surface area contributed by atoms with Crippen molar-refractivity contribution in [2.75, 3.05) is 26.8 Å². The Morgan fingerprint density at radius 1 is 1.19 bits per heavy atom. The van der Waals surface area contributed by atoms with Crippen LogP contribution in [0, 0.1) is 0 Å². The number of nitrogens with one attached hydrogen (secondary N) is 1. The number of hydrogen-bond donors (Lipinski definition) is 1. The summed E-state index contributed by atoms with van der Waals surface area (Å²) in [5.41, 5.74) is 2.47. The van der Waals surface area contributed by atoms with E-state index in [4.69, 9.17) is 9.47 Å². The van der Waals surface area contributed by atoms with Crippen LogP contribution < -0.4 is 14.8 Å². The summed E-state index contributed by atoms with van der Waals surface area (Å²) in [6.45, 7) is 9.62. The Kier molecular flexibility index (Phi) is 4.78. The Morgan fingerprint density at radius 3 is 2.53 bits per heavy atom. The molecular weight excluding hydrogens is 410 g/mol. The van der Waals surface area contributed by atoms with Crippen molar-refractivity contribution in [3.63, 3.8) is 0 Å². The summed E-state index contributed by atoms with van der Waals surface area (Å²) in [5, 5.41) is 2.36. The summed E-state index contributed by atoms with van der Waals surface area (Å²) in [7, 11) is 1.58. The van der Waals surface area contributed by atoms with Crippen LogP contribution in [-0.4, -0.2) is 65.9 Å². The molecule has 2 saturated heterocycles. The average Bonchev–Trinajstić information content (AvgIpc) is 3.26. The molecule has 4 aliphatic rings. The zero-order valence-corrected chi connectivity index (χ0v) is 19.2. The van der Waals surface area contributed by atoms with Crippen LogP contribution >= 0.6 is 0 Å². The molecule has 0 radical (unpaired) electrons. The van der Waals surface area contributed by atoms with E-state index in [1.807, 2.05) is 6.07 Å². The van der Waals surface area contributed by atoms with Crippen LogP contribution in [0.5, 0.6) is 11.5 Å². The molecule has 1 N–H and O–H groups in total. The molecule has 1 atom stereocenters. The van der Waals surface area contributed by atoms with Crippen LogP contribution in [0.4, 0.5) is 0 Å². The van der Waals surface area contributed by atoms with Gasteiger partial charge in [0.15, 0.2) is 0 Å². The molecular formula is C24H31N3O5. The quantitative estimate of drug-likeness (QED) is 0.706. The van der Waals surface area contributed by atoms with Crippen LogP contribution in [0.3, 0.4) is 0 Å². The first kappa shape index (κ1) is 21.2. The van der Waals surface area contributed by atoms with E-state index in [1.54, 1.807) is 12.0 Å². The van der Waals surface area contributed by atoms with Gasteiger partial charge in [0.05, 0.1) is 25.8 Å². The molecule has 4 aliphatic heterocycles. The second kappa shape index (κ2) is 7.20. The van der Waals surface area contributed by atoms with Gasteiger partial charge >= 0.3 is 0 Å². The summed E-state index contributed by atoms with van der Waals surface area (Å²) in [6.07, 6.45) is 2.55. The molecule has 0 aliphatic carbocycles. The fourth-order valence-electron chi connectivity index (χ4n) is 5.72. The zero-order chi connectivity index (χ0) is 22.8. The number of hydrogen-bond acceptors (Lipinski definition) is 6. The highest BCUT2D eigenvalue weighted by Gasteiger charge is 2.49. The first-order chi connectivity index (χ1) is 15.1. The molecule has 1 aromatic rings. The van der Waals surface area contributed by atoms with Crippen LogP contribution in [0.15, 0.2) is 6.07 Å². The van der Waals surface area contributed by atoms with E-state index in [0.29, 0.717) is 30.9 Å². The number of ether oxygens (including phenoxy) is 2. The van der Waals surface area contributed by atoms with Crippen LogP contribution in [0.2, 0.25) is 0 Å². The number of carbonyl (C=O) groups is 3. The lowest BCUT2D eigenvalue weighted by Gasteiger charge is -2.44. The van der Waals surface area contributed by atoms with E-state index in [0.717, 1.165) is 42.8 Å². The third-order valence-electron chi connectivity index (χ3n) is 7.69. The molecule has 32 heavy (non-hydrogen) atoms. The number of nitrogens with zero attached hydrogens (tertiary/aromatic N) is 2. The number of piperidine rings is 2. The Labute approximate surface area is 188 Å². The summed E-state index contributed by atoms with van der Waals surface area (Å²) >= 11 is 0. The number of likely N-dealkylation sites (tertiary alicyclic amines) is 1. The molecule has 3 amide bonds. The zero-order valence-electron chi connectivity index (χ0n) is 19.2. The topological polar surface area (TPSA) is 88.2 Å². The van der Waals surface area contributed by atoms with E-state index >= 15 is 0 Å². The maximum atomic E-state index is 13.3. The number of imide groups is 1. The Morgan fingerprint density at radius 2 is 1.91 bits per heavy atom. The Bertz CT molecular complexity index is 1000. The normalized spacial score (nSPS) is 24.9. The number of benzene rings is 1. The molecule has 172 valence electrons. The van der Waals surface area contributed by atoms with Crippen molar-refractivity contribution in [2.24, 2.45) is 0 Å². The Balaban J connectivity index is 1.48. The van der Waals surface area contributed by atoms with Crippen molar-refractivity contribution in [2.45, 2.75) is 70.0 Å². The number of carbonyl (C=O) groups excluding carboxylic acids is 3. The number of methoxy groups -OCH3 is 1. The van der Waals surface area contributed by atoms with Gasteiger partial charge < -0.3 is 14.4 Å². The minimum atomic E-state index is -0.654. The van der Waals surface area contributed by atoms with Crippen LogP contribution in [0.25, 0.3) is 0 Å². The highest BCUT2D eigenvalue weighted by Crippen LogP contribution is 2.52. The van der Waals surface area contributed by atoms with E-state index in [2.05, 4.69) is 31.0 Å². The van der Waals surface area contributed by atoms with E-state index in [1.165, 1.54) is 0 Å². The van der Waals surface area contributed by atoms with Gasteiger partial charge in [0.2, 0.25) is 11.8 Å². The van der Waals surface area contributed by atoms with Crippen molar-refractivity contribution in [1.82, 2.24) is 15.1 Å².